The fourth-order valence-electron chi connectivity index (χ4n) is 2.89. The van der Waals surface area contributed by atoms with Crippen LogP contribution in [0.4, 0.5) is 18.2 Å². The molecule has 0 unspecified atom stereocenters. The Kier molecular flexibility index (Phi) is 4.51. The minimum Gasteiger partial charge on any atom is -0.311 e. The van der Waals surface area contributed by atoms with E-state index in [2.05, 4.69) is 16.5 Å². The van der Waals surface area contributed by atoms with Crippen LogP contribution in [0.25, 0.3) is 0 Å². The third-order valence-electron chi connectivity index (χ3n) is 3.98. The van der Waals surface area contributed by atoms with E-state index in [-0.39, 0.29) is 0 Å². The molecule has 0 saturated heterocycles. The molecule has 25 heavy (non-hydrogen) atoms. The zero-order valence-corrected chi connectivity index (χ0v) is 14.6. The fraction of sp³-hybridized carbons (Fsp3) is 0.400. The molecule has 1 N–H and O–H groups in total. The molecule has 0 aromatic carbocycles. The summed E-state index contributed by atoms with van der Waals surface area (Å²) in [6.07, 6.45) is -1.17. The number of aryl methyl sites for hydroxylation is 2. The lowest BCUT2D eigenvalue weighted by molar-refractivity contribution is -0.143. The van der Waals surface area contributed by atoms with Crippen LogP contribution in [0.2, 0.25) is 5.02 Å². The maximum Gasteiger partial charge on any atom is 0.434 e. The molecule has 0 spiro atoms. The summed E-state index contributed by atoms with van der Waals surface area (Å²) < 4.78 is 39.4. The maximum absolute atomic E-state index is 13.0. The molecule has 5 nitrogen and oxygen atoms in total. The molecule has 1 aliphatic rings. The Balaban J connectivity index is 1.94. The maximum atomic E-state index is 13.0. The van der Waals surface area contributed by atoms with E-state index in [9.17, 15) is 23.2 Å². The first-order valence-corrected chi connectivity index (χ1v) is 8.59. The number of carbonyl (C=O) groups excluding carboxylic acids is 1. The standard InChI is InChI=1S/C15H12ClF3N4OS/c1-23-12(15(17,18)19)10(16)11(22-23)13(24)21-14-8(6-20)7-4-2-3-5-9(7)25-14/h2-5H2,1H3,(H,21,24). The van der Waals surface area contributed by atoms with Crippen LogP contribution in [-0.2, 0) is 26.1 Å². The number of hydrogen-bond donors (Lipinski definition) is 1. The SMILES string of the molecule is Cn1nc(C(=O)Nc2sc3c(c2C#N)CCCC3)c(Cl)c1C(F)(F)F. The molecule has 0 saturated carbocycles. The Labute approximate surface area is 150 Å². The van der Waals surface area contributed by atoms with E-state index in [4.69, 9.17) is 11.6 Å². The average molecular weight is 389 g/mol. The van der Waals surface area contributed by atoms with E-state index in [0.29, 0.717) is 15.2 Å². The van der Waals surface area contributed by atoms with Gasteiger partial charge in [-0.05, 0) is 31.2 Å². The summed E-state index contributed by atoms with van der Waals surface area (Å²) in [4.78, 5) is 13.4. The van der Waals surface area contributed by atoms with Gasteiger partial charge < -0.3 is 5.32 Å². The summed E-state index contributed by atoms with van der Waals surface area (Å²) in [5, 5.41) is 15.0. The topological polar surface area (TPSA) is 70.7 Å². The number of alkyl halides is 3. The predicted molar refractivity (Wildman–Crippen MR) is 86.8 cm³/mol. The van der Waals surface area contributed by atoms with E-state index in [1.54, 1.807) is 0 Å². The summed E-state index contributed by atoms with van der Waals surface area (Å²) in [6.45, 7) is 0. The number of aromatic nitrogens is 2. The Morgan fingerprint density at radius 3 is 2.68 bits per heavy atom. The summed E-state index contributed by atoms with van der Waals surface area (Å²) in [5.41, 5.74) is -0.426. The van der Waals surface area contributed by atoms with Crippen molar-refractivity contribution in [1.29, 1.82) is 5.26 Å². The smallest absolute Gasteiger partial charge is 0.311 e. The molecular formula is C15H12ClF3N4OS. The summed E-state index contributed by atoms with van der Waals surface area (Å²) in [5.74, 6) is -0.869. The second-order valence-corrected chi connectivity index (χ2v) is 7.10. The lowest BCUT2D eigenvalue weighted by Gasteiger charge is -2.09. The Morgan fingerprint density at radius 1 is 1.40 bits per heavy atom. The van der Waals surface area contributed by atoms with Crippen molar-refractivity contribution >= 4 is 33.8 Å². The van der Waals surface area contributed by atoms with Gasteiger partial charge in [0.2, 0.25) is 0 Å². The molecule has 2 heterocycles. The van der Waals surface area contributed by atoms with Crippen molar-refractivity contribution in [3.05, 3.63) is 32.4 Å². The Hall–Kier alpha value is -2.05. The van der Waals surface area contributed by atoms with E-state index in [1.165, 1.54) is 11.3 Å². The lowest BCUT2D eigenvalue weighted by atomic mass is 9.96. The van der Waals surface area contributed by atoms with Gasteiger partial charge in [0.05, 0.1) is 5.56 Å². The monoisotopic (exact) mass is 388 g/mol. The first-order valence-electron chi connectivity index (χ1n) is 7.39. The number of rotatable bonds is 2. The zero-order valence-electron chi connectivity index (χ0n) is 13.0. The van der Waals surface area contributed by atoms with E-state index in [0.717, 1.165) is 43.2 Å². The highest BCUT2D eigenvalue weighted by Gasteiger charge is 2.40. The molecule has 0 fully saturated rings. The minimum absolute atomic E-state index is 0.328. The van der Waals surface area contributed by atoms with Crippen LogP contribution >= 0.6 is 22.9 Å². The normalized spacial score (nSPS) is 14.1. The number of anilines is 1. The third kappa shape index (κ3) is 3.12. The second kappa shape index (κ2) is 6.35. The molecular weight excluding hydrogens is 377 g/mol. The van der Waals surface area contributed by atoms with Crippen LogP contribution in [-0.4, -0.2) is 15.7 Å². The van der Waals surface area contributed by atoms with E-state index in [1.807, 2.05) is 0 Å². The van der Waals surface area contributed by atoms with Crippen LogP contribution < -0.4 is 5.32 Å². The molecule has 1 amide bonds. The minimum atomic E-state index is -4.72. The highest BCUT2D eigenvalue weighted by molar-refractivity contribution is 7.16. The van der Waals surface area contributed by atoms with Crippen molar-refractivity contribution in [3.8, 4) is 6.07 Å². The quantitative estimate of drug-likeness (QED) is 0.839. The number of nitrogens with one attached hydrogen (secondary N) is 1. The average Bonchev–Trinajstić information content (AvgIpc) is 3.03. The molecule has 0 bridgehead atoms. The number of fused-ring (bicyclic) bond motifs is 1. The van der Waals surface area contributed by atoms with Crippen molar-refractivity contribution in [3.63, 3.8) is 0 Å². The number of thiophene rings is 1. The number of amides is 1. The highest BCUT2D eigenvalue weighted by atomic mass is 35.5. The predicted octanol–water partition coefficient (Wildman–Crippen LogP) is 4.16. The molecule has 2 aromatic heterocycles. The fourth-order valence-corrected chi connectivity index (χ4v) is 4.47. The largest absolute Gasteiger partial charge is 0.434 e. The van der Waals surface area contributed by atoms with E-state index < -0.39 is 28.5 Å². The molecule has 10 heteroatoms. The van der Waals surface area contributed by atoms with Crippen LogP contribution in [0.1, 0.15) is 45.0 Å². The van der Waals surface area contributed by atoms with Gasteiger partial charge in [0.1, 0.15) is 16.1 Å². The van der Waals surface area contributed by atoms with Crippen LogP contribution in [0.15, 0.2) is 0 Å². The molecule has 0 radical (unpaired) electrons. The number of hydrogen-bond acceptors (Lipinski definition) is 4. The van der Waals surface area contributed by atoms with Gasteiger partial charge in [0, 0.05) is 11.9 Å². The van der Waals surface area contributed by atoms with Crippen molar-refractivity contribution in [1.82, 2.24) is 9.78 Å². The summed E-state index contributed by atoms with van der Waals surface area (Å²) in [7, 11) is 1.07. The summed E-state index contributed by atoms with van der Waals surface area (Å²) >= 11 is 7.00. The molecule has 1 aliphatic carbocycles. The molecule has 132 valence electrons. The number of nitrogens with zero attached hydrogens (tertiary/aromatic N) is 3. The van der Waals surface area contributed by atoms with Gasteiger partial charge in [-0.3, -0.25) is 9.48 Å². The van der Waals surface area contributed by atoms with Crippen molar-refractivity contribution in [2.45, 2.75) is 31.9 Å². The van der Waals surface area contributed by atoms with Gasteiger partial charge in [-0.2, -0.15) is 23.5 Å². The highest BCUT2D eigenvalue weighted by Crippen LogP contribution is 2.39. The van der Waals surface area contributed by atoms with Gasteiger partial charge in [0.15, 0.2) is 11.4 Å². The zero-order chi connectivity index (χ0) is 18.4. The van der Waals surface area contributed by atoms with E-state index >= 15 is 0 Å². The van der Waals surface area contributed by atoms with Crippen LogP contribution in [0, 0.1) is 11.3 Å². The lowest BCUT2D eigenvalue weighted by Crippen LogP contribution is -2.13. The van der Waals surface area contributed by atoms with Crippen LogP contribution in [0.5, 0.6) is 0 Å². The number of nitriles is 1. The number of carbonyl (C=O) groups is 1. The summed E-state index contributed by atoms with van der Waals surface area (Å²) in [6, 6.07) is 2.07. The Bertz CT molecular complexity index is 894. The van der Waals surface area contributed by atoms with Crippen molar-refractivity contribution in [2.24, 2.45) is 7.05 Å². The van der Waals surface area contributed by atoms with Gasteiger partial charge in [-0.1, -0.05) is 11.6 Å². The van der Waals surface area contributed by atoms with Crippen LogP contribution in [0.3, 0.4) is 0 Å². The first-order chi connectivity index (χ1) is 11.7. The van der Waals surface area contributed by atoms with Gasteiger partial charge in [-0.25, -0.2) is 0 Å². The number of halogens is 4. The third-order valence-corrected chi connectivity index (χ3v) is 5.55. The van der Waals surface area contributed by atoms with Crippen molar-refractivity contribution in [2.75, 3.05) is 5.32 Å². The molecule has 3 rings (SSSR count). The second-order valence-electron chi connectivity index (χ2n) is 5.61. The molecule has 0 aliphatic heterocycles. The van der Waals surface area contributed by atoms with Gasteiger partial charge >= 0.3 is 6.18 Å². The van der Waals surface area contributed by atoms with Crippen molar-refractivity contribution < 1.29 is 18.0 Å². The molecule has 2 aromatic rings. The van der Waals surface area contributed by atoms with Gasteiger partial charge in [0.25, 0.3) is 5.91 Å². The Morgan fingerprint density at radius 2 is 2.08 bits per heavy atom. The first kappa shape index (κ1) is 17.8. The van der Waals surface area contributed by atoms with Gasteiger partial charge in [-0.15, -0.1) is 11.3 Å². The molecule has 0 atom stereocenters.